The van der Waals surface area contributed by atoms with E-state index in [0.29, 0.717) is 11.9 Å². The first kappa shape index (κ1) is 16.2. The summed E-state index contributed by atoms with van der Waals surface area (Å²) in [4.78, 5) is 10.4. The Balaban J connectivity index is 2.92. The Morgan fingerprint density at radius 3 is 2.80 bits per heavy atom. The molecule has 1 N–H and O–H groups in total. The third-order valence-electron chi connectivity index (χ3n) is 2.72. The van der Waals surface area contributed by atoms with E-state index in [1.54, 1.807) is 18.2 Å². The van der Waals surface area contributed by atoms with Crippen molar-refractivity contribution in [1.29, 1.82) is 0 Å². The van der Waals surface area contributed by atoms with E-state index in [0.717, 1.165) is 16.8 Å². The van der Waals surface area contributed by atoms with E-state index in [2.05, 4.69) is 27.8 Å². The number of allylic oxidation sites excluding steroid dienone is 4. The summed E-state index contributed by atoms with van der Waals surface area (Å²) >= 11 is 3.39. The van der Waals surface area contributed by atoms with Gasteiger partial charge in [0, 0.05) is 29.7 Å². The molecule has 106 valence electrons. The number of nitrogens with one attached hydrogen (secondary N) is 1. The van der Waals surface area contributed by atoms with Gasteiger partial charge in [-0.3, -0.25) is 10.1 Å². The maximum absolute atomic E-state index is 10.8. The van der Waals surface area contributed by atoms with Crippen LogP contribution >= 0.6 is 15.9 Å². The lowest BCUT2D eigenvalue weighted by Crippen LogP contribution is -2.12. The molecule has 0 saturated heterocycles. The fraction of sp³-hybridized carbons (Fsp3) is 0.200. The minimum Gasteiger partial charge on any atom is -0.381 e. The van der Waals surface area contributed by atoms with Gasteiger partial charge in [-0.05, 0) is 30.2 Å². The molecular formula is C15H17BrN2O2. The molecule has 0 aliphatic heterocycles. The first-order valence-electron chi connectivity index (χ1n) is 6.13. The molecule has 0 spiro atoms. The Morgan fingerprint density at radius 2 is 2.25 bits per heavy atom. The summed E-state index contributed by atoms with van der Waals surface area (Å²) in [5.41, 5.74) is 2.89. The van der Waals surface area contributed by atoms with Crippen LogP contribution in [-0.2, 0) is 11.9 Å². The molecule has 0 radical (unpaired) electrons. The molecule has 0 aliphatic rings. The van der Waals surface area contributed by atoms with Crippen LogP contribution in [0.3, 0.4) is 0 Å². The number of nitrogens with zero attached hydrogens (tertiary/aromatic N) is 1. The van der Waals surface area contributed by atoms with Crippen molar-refractivity contribution in [3.63, 3.8) is 0 Å². The van der Waals surface area contributed by atoms with Gasteiger partial charge >= 0.3 is 0 Å². The molecular weight excluding hydrogens is 320 g/mol. The summed E-state index contributed by atoms with van der Waals surface area (Å²) in [6.07, 6.45) is 7.44. The van der Waals surface area contributed by atoms with E-state index >= 15 is 0 Å². The number of nitro benzene ring substituents is 1. The zero-order valence-corrected chi connectivity index (χ0v) is 12.9. The second kappa shape index (κ2) is 8.32. The van der Waals surface area contributed by atoms with Gasteiger partial charge in [0.05, 0.1) is 4.92 Å². The van der Waals surface area contributed by atoms with E-state index in [1.165, 1.54) is 6.07 Å². The summed E-state index contributed by atoms with van der Waals surface area (Å²) in [6.45, 7) is 6.18. The Bertz CT molecular complexity index is 551. The van der Waals surface area contributed by atoms with Gasteiger partial charge in [0.25, 0.3) is 5.69 Å². The van der Waals surface area contributed by atoms with Crippen molar-refractivity contribution in [3.8, 4) is 0 Å². The van der Waals surface area contributed by atoms with Crippen molar-refractivity contribution >= 4 is 21.6 Å². The second-order valence-electron chi connectivity index (χ2n) is 4.05. The van der Waals surface area contributed by atoms with Gasteiger partial charge in [-0.25, -0.2) is 0 Å². The Labute approximate surface area is 127 Å². The number of alkyl halides is 1. The maximum Gasteiger partial charge on any atom is 0.269 e. The van der Waals surface area contributed by atoms with Crippen molar-refractivity contribution in [2.24, 2.45) is 0 Å². The minimum atomic E-state index is -0.383. The van der Waals surface area contributed by atoms with E-state index in [1.807, 2.05) is 25.2 Å². The molecule has 0 heterocycles. The molecule has 0 saturated carbocycles. The summed E-state index contributed by atoms with van der Waals surface area (Å²) in [7, 11) is 0. The predicted octanol–water partition coefficient (Wildman–Crippen LogP) is 4.23. The molecule has 1 aromatic carbocycles. The van der Waals surface area contributed by atoms with E-state index in [9.17, 15) is 10.1 Å². The lowest BCUT2D eigenvalue weighted by Gasteiger charge is -2.10. The second-order valence-corrected chi connectivity index (χ2v) is 4.61. The van der Waals surface area contributed by atoms with Crippen molar-refractivity contribution in [1.82, 2.24) is 5.32 Å². The molecule has 0 aromatic heterocycles. The van der Waals surface area contributed by atoms with Gasteiger partial charge in [-0.1, -0.05) is 40.7 Å². The van der Waals surface area contributed by atoms with Gasteiger partial charge in [-0.15, -0.1) is 0 Å². The fourth-order valence-electron chi connectivity index (χ4n) is 1.62. The molecule has 20 heavy (non-hydrogen) atoms. The monoisotopic (exact) mass is 336 g/mol. The van der Waals surface area contributed by atoms with Crippen LogP contribution in [0.15, 0.2) is 54.8 Å². The van der Waals surface area contributed by atoms with Gasteiger partial charge in [0.1, 0.15) is 0 Å². The average molecular weight is 337 g/mol. The Morgan fingerprint density at radius 1 is 1.50 bits per heavy atom. The van der Waals surface area contributed by atoms with Crippen molar-refractivity contribution < 1.29 is 4.92 Å². The molecule has 1 rings (SSSR count). The van der Waals surface area contributed by atoms with Crippen LogP contribution in [0.5, 0.6) is 0 Å². The van der Waals surface area contributed by atoms with Crippen LogP contribution < -0.4 is 5.32 Å². The predicted molar refractivity (Wildman–Crippen MR) is 85.7 cm³/mol. The fourth-order valence-corrected chi connectivity index (χ4v) is 2.16. The van der Waals surface area contributed by atoms with Crippen LogP contribution in [0, 0.1) is 10.1 Å². The highest BCUT2D eigenvalue weighted by molar-refractivity contribution is 9.08. The lowest BCUT2D eigenvalue weighted by atomic mass is 10.1. The summed E-state index contributed by atoms with van der Waals surface area (Å²) in [6, 6.07) is 4.89. The maximum atomic E-state index is 10.8. The number of rotatable bonds is 7. The lowest BCUT2D eigenvalue weighted by molar-refractivity contribution is -0.384. The summed E-state index contributed by atoms with van der Waals surface area (Å²) < 4.78 is 0. The quantitative estimate of drug-likeness (QED) is 0.351. The van der Waals surface area contributed by atoms with Crippen molar-refractivity contribution in [2.75, 3.05) is 0 Å². The molecule has 0 atom stereocenters. The number of halogens is 1. The van der Waals surface area contributed by atoms with Crippen LogP contribution in [-0.4, -0.2) is 4.92 Å². The summed E-state index contributed by atoms with van der Waals surface area (Å²) in [5, 5.41) is 14.7. The number of nitro groups is 1. The highest BCUT2D eigenvalue weighted by Crippen LogP contribution is 2.20. The van der Waals surface area contributed by atoms with Gasteiger partial charge < -0.3 is 5.32 Å². The number of hydrogen-bond acceptors (Lipinski definition) is 3. The van der Waals surface area contributed by atoms with E-state index in [4.69, 9.17) is 0 Å². The topological polar surface area (TPSA) is 55.2 Å². The highest BCUT2D eigenvalue weighted by atomic mass is 79.9. The summed E-state index contributed by atoms with van der Waals surface area (Å²) in [5.74, 6) is 0. The molecule has 0 bridgehead atoms. The number of benzene rings is 1. The largest absolute Gasteiger partial charge is 0.381 e. The molecule has 0 aliphatic carbocycles. The Kier molecular flexibility index (Phi) is 6.73. The van der Waals surface area contributed by atoms with Crippen molar-refractivity contribution in [3.05, 3.63) is 76.0 Å². The van der Waals surface area contributed by atoms with E-state index < -0.39 is 0 Å². The van der Waals surface area contributed by atoms with E-state index in [-0.39, 0.29) is 10.6 Å². The molecule has 4 nitrogen and oxygen atoms in total. The molecule has 1 aromatic rings. The average Bonchev–Trinajstić information content (AvgIpc) is 2.47. The first-order chi connectivity index (χ1) is 9.62. The number of hydrogen-bond donors (Lipinski definition) is 1. The van der Waals surface area contributed by atoms with Crippen LogP contribution in [0.2, 0.25) is 0 Å². The Hall–Kier alpha value is -1.88. The molecule has 5 heteroatoms. The van der Waals surface area contributed by atoms with Gasteiger partial charge in [0.15, 0.2) is 0 Å². The van der Waals surface area contributed by atoms with Gasteiger partial charge in [0.2, 0.25) is 0 Å². The smallest absolute Gasteiger partial charge is 0.269 e. The number of non-ortho nitro benzene ring substituents is 1. The standard InChI is InChI=1S/C15H17BrN2O2/c1-3-5-6-14(4-2)17-11-13-9-15(18(19)20)8-7-12(13)10-16/h3-9,17H,2,10-11H2,1H3/b5-3-,14-6+. The van der Waals surface area contributed by atoms with Crippen LogP contribution in [0.25, 0.3) is 0 Å². The molecule has 0 amide bonds. The molecule has 0 fully saturated rings. The zero-order chi connectivity index (χ0) is 15.0. The van der Waals surface area contributed by atoms with Crippen molar-refractivity contribution in [2.45, 2.75) is 18.8 Å². The normalized spacial score (nSPS) is 11.6. The van der Waals surface area contributed by atoms with Gasteiger partial charge in [-0.2, -0.15) is 0 Å². The third kappa shape index (κ3) is 4.66. The SMILES string of the molecule is C=C/C(=C\C=C/C)NCc1cc([N+](=O)[O-])ccc1CBr. The molecule has 0 unspecified atom stereocenters. The zero-order valence-electron chi connectivity index (χ0n) is 11.3. The first-order valence-corrected chi connectivity index (χ1v) is 7.26. The third-order valence-corrected chi connectivity index (χ3v) is 3.32. The minimum absolute atomic E-state index is 0.101. The van der Waals surface area contributed by atoms with Crippen LogP contribution in [0.4, 0.5) is 5.69 Å². The van der Waals surface area contributed by atoms with Crippen LogP contribution in [0.1, 0.15) is 18.1 Å². The highest BCUT2D eigenvalue weighted by Gasteiger charge is 2.10.